The largest absolute Gasteiger partial charge is 0.394 e. The molecule has 1 aromatic rings. The smallest absolute Gasteiger partial charge is 0.351 e. The Morgan fingerprint density at radius 2 is 2.39 bits per heavy atom. The quantitative estimate of drug-likeness (QED) is 0.615. The van der Waals surface area contributed by atoms with Gasteiger partial charge in [0.05, 0.1) is 6.61 Å². The van der Waals surface area contributed by atoms with Gasteiger partial charge in [-0.1, -0.05) is 0 Å². The average Bonchev–Trinajstić information content (AvgIpc) is 2.52. The molecule has 0 radical (unpaired) electrons. The molecule has 4 N–H and O–H groups in total. The SMILES string of the molecule is C[C@]1(F)[C@H](O)[C@H](CO)O[C@@H]1n1ccc(N)nc1=O. The number of halogens is 1. The monoisotopic (exact) mass is 259 g/mol. The summed E-state index contributed by atoms with van der Waals surface area (Å²) >= 11 is 0. The van der Waals surface area contributed by atoms with Gasteiger partial charge in [0.15, 0.2) is 11.9 Å². The van der Waals surface area contributed by atoms with E-state index in [4.69, 9.17) is 15.6 Å². The van der Waals surface area contributed by atoms with Crippen molar-refractivity contribution < 1.29 is 19.3 Å². The second kappa shape index (κ2) is 4.30. The summed E-state index contributed by atoms with van der Waals surface area (Å²) in [7, 11) is 0. The van der Waals surface area contributed by atoms with Crippen LogP contribution in [0.2, 0.25) is 0 Å². The Bertz CT molecular complexity index is 504. The molecule has 0 unspecified atom stereocenters. The van der Waals surface area contributed by atoms with E-state index in [1.54, 1.807) is 0 Å². The molecule has 18 heavy (non-hydrogen) atoms. The molecule has 1 aliphatic heterocycles. The maximum atomic E-state index is 14.4. The van der Waals surface area contributed by atoms with Crippen LogP contribution in [0.15, 0.2) is 17.1 Å². The molecule has 0 amide bonds. The minimum atomic E-state index is -2.21. The molecule has 8 heteroatoms. The van der Waals surface area contributed by atoms with E-state index in [2.05, 4.69) is 4.98 Å². The first-order chi connectivity index (χ1) is 8.37. The summed E-state index contributed by atoms with van der Waals surface area (Å²) < 4.78 is 20.4. The van der Waals surface area contributed by atoms with Crippen LogP contribution in [-0.2, 0) is 4.74 Å². The first kappa shape index (κ1) is 12.9. The van der Waals surface area contributed by atoms with Crippen molar-refractivity contribution in [3.63, 3.8) is 0 Å². The Labute approximate surface area is 102 Å². The summed E-state index contributed by atoms with van der Waals surface area (Å²) in [5, 5.41) is 18.6. The van der Waals surface area contributed by atoms with Crippen molar-refractivity contribution in [1.82, 2.24) is 9.55 Å². The molecule has 2 heterocycles. The first-order valence-corrected chi connectivity index (χ1v) is 5.36. The second-order valence-corrected chi connectivity index (χ2v) is 4.35. The van der Waals surface area contributed by atoms with E-state index in [9.17, 15) is 14.3 Å². The summed E-state index contributed by atoms with van der Waals surface area (Å²) in [6, 6.07) is 1.32. The molecular formula is C10H14FN3O4. The van der Waals surface area contributed by atoms with Gasteiger partial charge < -0.3 is 20.7 Å². The number of hydrogen-bond acceptors (Lipinski definition) is 6. The number of hydrogen-bond donors (Lipinski definition) is 3. The Morgan fingerprint density at radius 3 is 2.89 bits per heavy atom. The number of rotatable bonds is 2. The third kappa shape index (κ3) is 1.88. The van der Waals surface area contributed by atoms with Crippen LogP contribution in [0.4, 0.5) is 10.2 Å². The van der Waals surface area contributed by atoms with Crippen LogP contribution in [0, 0.1) is 0 Å². The third-order valence-corrected chi connectivity index (χ3v) is 3.00. The second-order valence-electron chi connectivity index (χ2n) is 4.35. The molecular weight excluding hydrogens is 245 g/mol. The van der Waals surface area contributed by atoms with Gasteiger partial charge in [-0.2, -0.15) is 4.98 Å². The number of ether oxygens (including phenoxy) is 1. The maximum Gasteiger partial charge on any atom is 0.351 e. The van der Waals surface area contributed by atoms with Gasteiger partial charge in [-0.25, -0.2) is 9.18 Å². The van der Waals surface area contributed by atoms with E-state index in [1.165, 1.54) is 12.3 Å². The summed E-state index contributed by atoms with van der Waals surface area (Å²) in [4.78, 5) is 15.1. The molecule has 1 fully saturated rings. The van der Waals surface area contributed by atoms with Gasteiger partial charge in [-0.15, -0.1) is 0 Å². The number of aliphatic hydroxyl groups excluding tert-OH is 2. The zero-order valence-electron chi connectivity index (χ0n) is 9.65. The third-order valence-electron chi connectivity index (χ3n) is 3.00. The van der Waals surface area contributed by atoms with E-state index >= 15 is 0 Å². The lowest BCUT2D eigenvalue weighted by Gasteiger charge is -2.24. The van der Waals surface area contributed by atoms with Gasteiger partial charge >= 0.3 is 5.69 Å². The highest BCUT2D eigenvalue weighted by Gasteiger charge is 2.55. The van der Waals surface area contributed by atoms with Crippen molar-refractivity contribution in [1.29, 1.82) is 0 Å². The molecule has 0 bridgehead atoms. The van der Waals surface area contributed by atoms with Crippen molar-refractivity contribution in [2.45, 2.75) is 31.0 Å². The summed E-state index contributed by atoms with van der Waals surface area (Å²) in [6.45, 7) is 0.551. The van der Waals surface area contributed by atoms with Crippen molar-refractivity contribution in [2.24, 2.45) is 0 Å². The van der Waals surface area contributed by atoms with Crippen molar-refractivity contribution in [3.8, 4) is 0 Å². The predicted molar refractivity (Wildman–Crippen MR) is 59.4 cm³/mol. The highest BCUT2D eigenvalue weighted by Crippen LogP contribution is 2.40. The van der Waals surface area contributed by atoms with E-state index in [-0.39, 0.29) is 5.82 Å². The number of nitrogens with zero attached hydrogens (tertiary/aromatic N) is 2. The van der Waals surface area contributed by atoms with E-state index in [0.29, 0.717) is 0 Å². The minimum Gasteiger partial charge on any atom is -0.394 e. The van der Waals surface area contributed by atoms with Gasteiger partial charge in [-0.05, 0) is 13.0 Å². The van der Waals surface area contributed by atoms with Crippen LogP contribution in [0.25, 0.3) is 0 Å². The lowest BCUT2D eigenvalue weighted by atomic mass is 9.98. The fraction of sp³-hybridized carbons (Fsp3) is 0.600. The van der Waals surface area contributed by atoms with Crippen molar-refractivity contribution in [2.75, 3.05) is 12.3 Å². The Morgan fingerprint density at radius 1 is 1.72 bits per heavy atom. The first-order valence-electron chi connectivity index (χ1n) is 5.36. The van der Waals surface area contributed by atoms with E-state index in [1.807, 2.05) is 0 Å². The normalized spacial score (nSPS) is 35.9. The summed E-state index contributed by atoms with van der Waals surface area (Å²) in [5.41, 5.74) is 2.33. The molecule has 1 aromatic heterocycles. The van der Waals surface area contributed by atoms with Crippen LogP contribution in [-0.4, -0.2) is 44.2 Å². The van der Waals surface area contributed by atoms with Gasteiger partial charge in [0.25, 0.3) is 0 Å². The van der Waals surface area contributed by atoms with E-state index in [0.717, 1.165) is 11.5 Å². The molecule has 0 aromatic carbocycles. The molecule has 0 saturated carbocycles. The van der Waals surface area contributed by atoms with Crippen LogP contribution >= 0.6 is 0 Å². The molecule has 0 spiro atoms. The van der Waals surface area contributed by atoms with Crippen molar-refractivity contribution >= 4 is 5.82 Å². The van der Waals surface area contributed by atoms with Gasteiger partial charge in [-0.3, -0.25) is 4.57 Å². The predicted octanol–water partition coefficient (Wildman–Crippen LogP) is -1.20. The zero-order valence-corrected chi connectivity index (χ0v) is 9.65. The molecule has 7 nitrogen and oxygen atoms in total. The fourth-order valence-electron chi connectivity index (χ4n) is 1.97. The van der Waals surface area contributed by atoms with Crippen LogP contribution in [0.1, 0.15) is 13.2 Å². The molecule has 1 saturated heterocycles. The summed E-state index contributed by atoms with van der Waals surface area (Å²) in [5.74, 6) is 0.00839. The topological polar surface area (TPSA) is 111 Å². The zero-order chi connectivity index (χ0) is 13.5. The standard InChI is InChI=1S/C10H14FN3O4/c1-10(11)7(16)5(4-15)18-8(10)14-3-2-6(12)13-9(14)17/h2-3,5,7-8,15-16H,4H2,1H3,(H2,12,13,17)/t5-,7+,8-,10-/m0/s1. The minimum absolute atomic E-state index is 0.00839. The highest BCUT2D eigenvalue weighted by molar-refractivity contribution is 5.23. The van der Waals surface area contributed by atoms with Crippen molar-refractivity contribution in [3.05, 3.63) is 22.7 Å². The van der Waals surface area contributed by atoms with E-state index < -0.39 is 36.4 Å². The van der Waals surface area contributed by atoms with Crippen LogP contribution in [0.5, 0.6) is 0 Å². The lowest BCUT2D eigenvalue weighted by molar-refractivity contribution is -0.0610. The fourth-order valence-corrected chi connectivity index (χ4v) is 1.97. The Kier molecular flexibility index (Phi) is 3.09. The number of aromatic nitrogens is 2. The number of aliphatic hydroxyl groups is 2. The molecule has 1 aliphatic rings. The molecule has 2 rings (SSSR count). The Hall–Kier alpha value is -1.51. The maximum absolute atomic E-state index is 14.4. The number of nitrogen functional groups attached to an aromatic ring is 1. The lowest BCUT2D eigenvalue weighted by Crippen LogP contribution is -2.42. The van der Waals surface area contributed by atoms with Gasteiger partial charge in [0.2, 0.25) is 0 Å². The average molecular weight is 259 g/mol. The Balaban J connectivity index is 2.42. The number of nitrogens with two attached hydrogens (primary N) is 1. The van der Waals surface area contributed by atoms with Crippen LogP contribution in [0.3, 0.4) is 0 Å². The summed E-state index contributed by atoms with van der Waals surface area (Å²) in [6.07, 6.45) is -2.74. The molecule has 100 valence electrons. The van der Waals surface area contributed by atoms with Crippen LogP contribution < -0.4 is 11.4 Å². The van der Waals surface area contributed by atoms with Gasteiger partial charge in [0, 0.05) is 6.20 Å². The number of anilines is 1. The molecule has 4 atom stereocenters. The molecule has 0 aliphatic carbocycles. The van der Waals surface area contributed by atoms with Gasteiger partial charge in [0.1, 0.15) is 18.0 Å². The highest BCUT2D eigenvalue weighted by atomic mass is 19.1. The number of alkyl halides is 1.